The van der Waals surface area contributed by atoms with Crippen molar-refractivity contribution < 1.29 is 0 Å². The van der Waals surface area contributed by atoms with Crippen LogP contribution in [0.5, 0.6) is 0 Å². The Hall–Kier alpha value is -0.590. The summed E-state index contributed by atoms with van der Waals surface area (Å²) < 4.78 is 0. The minimum atomic E-state index is -0.277. The van der Waals surface area contributed by atoms with Crippen LogP contribution < -0.4 is 5.32 Å². The molecule has 1 saturated heterocycles. The van der Waals surface area contributed by atoms with E-state index < -0.39 is 0 Å². The molecule has 3 nitrogen and oxygen atoms in total. The fourth-order valence-electron chi connectivity index (χ4n) is 1.92. The number of rotatable bonds is 4. The third kappa shape index (κ3) is 2.46. The zero-order valence-corrected chi connectivity index (χ0v) is 9.51. The Morgan fingerprint density at radius 3 is 2.71 bits per heavy atom. The van der Waals surface area contributed by atoms with Crippen LogP contribution in [0, 0.1) is 11.3 Å². The minimum absolute atomic E-state index is 0.277. The molecule has 1 aliphatic rings. The topological polar surface area (TPSA) is 39.1 Å². The molecule has 1 atom stereocenters. The van der Waals surface area contributed by atoms with E-state index in [2.05, 4.69) is 37.1 Å². The van der Waals surface area contributed by atoms with Crippen LogP contribution in [-0.4, -0.2) is 36.1 Å². The lowest BCUT2D eigenvalue weighted by atomic mass is 10.0. The summed E-state index contributed by atoms with van der Waals surface area (Å²) in [5.41, 5.74) is -0.277. The number of likely N-dealkylation sites (tertiary alicyclic amines) is 1. The summed E-state index contributed by atoms with van der Waals surface area (Å²) in [6, 6.07) is 2.99. The second-order valence-electron chi connectivity index (χ2n) is 4.43. The average molecular weight is 195 g/mol. The van der Waals surface area contributed by atoms with E-state index in [0.29, 0.717) is 6.04 Å². The molecule has 80 valence electrons. The molecule has 0 aromatic heterocycles. The van der Waals surface area contributed by atoms with Crippen LogP contribution in [0.4, 0.5) is 0 Å². The average Bonchev–Trinajstić information content (AvgIpc) is 2.60. The molecule has 0 radical (unpaired) electrons. The molecule has 1 aliphatic heterocycles. The standard InChI is InChI=1S/C11H21N3/c1-4-6-13-11(8-12)5-7-14(9-11)10(2)3/h10,13H,4-7,9H2,1-3H3. The fourth-order valence-corrected chi connectivity index (χ4v) is 1.92. The Balaban J connectivity index is 2.53. The Morgan fingerprint density at radius 1 is 1.57 bits per heavy atom. The monoisotopic (exact) mass is 195 g/mol. The van der Waals surface area contributed by atoms with Gasteiger partial charge in [-0.25, -0.2) is 0 Å². The van der Waals surface area contributed by atoms with Gasteiger partial charge in [0.1, 0.15) is 5.54 Å². The van der Waals surface area contributed by atoms with Gasteiger partial charge >= 0.3 is 0 Å². The van der Waals surface area contributed by atoms with Crippen LogP contribution in [0.2, 0.25) is 0 Å². The maximum Gasteiger partial charge on any atom is 0.120 e. The lowest BCUT2D eigenvalue weighted by Gasteiger charge is -2.25. The first kappa shape index (κ1) is 11.5. The van der Waals surface area contributed by atoms with Crippen LogP contribution in [0.25, 0.3) is 0 Å². The Morgan fingerprint density at radius 2 is 2.29 bits per heavy atom. The highest BCUT2D eigenvalue weighted by atomic mass is 15.2. The van der Waals surface area contributed by atoms with Gasteiger partial charge in [-0.3, -0.25) is 10.2 Å². The molecule has 14 heavy (non-hydrogen) atoms. The van der Waals surface area contributed by atoms with Crippen molar-refractivity contribution >= 4 is 0 Å². The van der Waals surface area contributed by atoms with Gasteiger partial charge in [-0.1, -0.05) is 6.92 Å². The van der Waals surface area contributed by atoms with E-state index in [1.54, 1.807) is 0 Å². The molecule has 3 heteroatoms. The second-order valence-corrected chi connectivity index (χ2v) is 4.43. The molecular formula is C11H21N3. The summed E-state index contributed by atoms with van der Waals surface area (Å²) in [5.74, 6) is 0. The maximum absolute atomic E-state index is 9.20. The van der Waals surface area contributed by atoms with E-state index in [9.17, 15) is 5.26 Å². The first-order chi connectivity index (χ1) is 6.63. The zero-order chi connectivity index (χ0) is 10.6. The lowest BCUT2D eigenvalue weighted by molar-refractivity contribution is 0.257. The van der Waals surface area contributed by atoms with Crippen LogP contribution >= 0.6 is 0 Å². The van der Waals surface area contributed by atoms with E-state index in [0.717, 1.165) is 32.5 Å². The van der Waals surface area contributed by atoms with E-state index in [4.69, 9.17) is 0 Å². The molecule has 1 fully saturated rings. The van der Waals surface area contributed by atoms with Gasteiger partial charge in [0, 0.05) is 19.1 Å². The van der Waals surface area contributed by atoms with Crippen molar-refractivity contribution in [3.8, 4) is 6.07 Å². The normalized spacial score (nSPS) is 28.2. The van der Waals surface area contributed by atoms with Crippen molar-refractivity contribution in [3.05, 3.63) is 0 Å². The van der Waals surface area contributed by atoms with Crippen molar-refractivity contribution in [2.75, 3.05) is 19.6 Å². The maximum atomic E-state index is 9.20. The Kier molecular flexibility index (Phi) is 3.91. The molecule has 1 N–H and O–H groups in total. The summed E-state index contributed by atoms with van der Waals surface area (Å²) in [5, 5.41) is 12.6. The van der Waals surface area contributed by atoms with Gasteiger partial charge in [0.25, 0.3) is 0 Å². The summed E-state index contributed by atoms with van der Waals surface area (Å²) in [7, 11) is 0. The molecule has 1 rings (SSSR count). The summed E-state index contributed by atoms with van der Waals surface area (Å²) in [6.45, 7) is 9.37. The third-order valence-corrected chi connectivity index (χ3v) is 2.96. The first-order valence-electron chi connectivity index (χ1n) is 5.54. The largest absolute Gasteiger partial charge is 0.298 e. The minimum Gasteiger partial charge on any atom is -0.298 e. The van der Waals surface area contributed by atoms with Crippen LogP contribution in [0.3, 0.4) is 0 Å². The predicted molar refractivity (Wildman–Crippen MR) is 58.0 cm³/mol. The Labute approximate surface area is 87.1 Å². The molecule has 1 heterocycles. The van der Waals surface area contributed by atoms with Crippen molar-refractivity contribution in [2.45, 2.75) is 45.2 Å². The molecule has 0 aromatic carbocycles. The molecule has 0 amide bonds. The van der Waals surface area contributed by atoms with Gasteiger partial charge in [0.05, 0.1) is 6.07 Å². The number of nitrogens with zero attached hydrogens (tertiary/aromatic N) is 2. The SMILES string of the molecule is CCCNC1(C#N)CCN(C(C)C)C1. The van der Waals surface area contributed by atoms with Gasteiger partial charge in [-0.15, -0.1) is 0 Å². The van der Waals surface area contributed by atoms with Gasteiger partial charge in [-0.05, 0) is 33.2 Å². The highest BCUT2D eigenvalue weighted by Gasteiger charge is 2.38. The molecule has 0 saturated carbocycles. The Bertz CT molecular complexity index is 219. The highest BCUT2D eigenvalue weighted by Crippen LogP contribution is 2.22. The smallest absolute Gasteiger partial charge is 0.120 e. The van der Waals surface area contributed by atoms with Gasteiger partial charge in [-0.2, -0.15) is 5.26 Å². The molecule has 1 unspecified atom stereocenters. The van der Waals surface area contributed by atoms with Crippen LogP contribution in [0.1, 0.15) is 33.6 Å². The quantitative estimate of drug-likeness (QED) is 0.736. The number of hydrogen-bond acceptors (Lipinski definition) is 3. The van der Waals surface area contributed by atoms with E-state index >= 15 is 0 Å². The molecular weight excluding hydrogens is 174 g/mol. The van der Waals surface area contributed by atoms with E-state index in [1.807, 2.05) is 0 Å². The van der Waals surface area contributed by atoms with Crippen molar-refractivity contribution in [2.24, 2.45) is 0 Å². The van der Waals surface area contributed by atoms with Gasteiger partial charge < -0.3 is 0 Å². The van der Waals surface area contributed by atoms with E-state index in [-0.39, 0.29) is 5.54 Å². The lowest BCUT2D eigenvalue weighted by Crippen LogP contribution is -2.47. The molecule has 0 bridgehead atoms. The van der Waals surface area contributed by atoms with Crippen LogP contribution in [-0.2, 0) is 0 Å². The highest BCUT2D eigenvalue weighted by molar-refractivity contribution is 5.13. The first-order valence-corrected chi connectivity index (χ1v) is 5.54. The number of nitriles is 1. The predicted octanol–water partition coefficient (Wildman–Crippen LogP) is 1.36. The fraction of sp³-hybridized carbons (Fsp3) is 0.909. The van der Waals surface area contributed by atoms with Gasteiger partial charge in [0.15, 0.2) is 0 Å². The third-order valence-electron chi connectivity index (χ3n) is 2.96. The molecule has 0 aliphatic carbocycles. The summed E-state index contributed by atoms with van der Waals surface area (Å²) >= 11 is 0. The molecule has 0 spiro atoms. The van der Waals surface area contributed by atoms with Gasteiger partial charge in [0.2, 0.25) is 0 Å². The second kappa shape index (κ2) is 4.77. The van der Waals surface area contributed by atoms with Crippen LogP contribution in [0.15, 0.2) is 0 Å². The van der Waals surface area contributed by atoms with Crippen molar-refractivity contribution in [3.63, 3.8) is 0 Å². The van der Waals surface area contributed by atoms with Crippen molar-refractivity contribution in [1.82, 2.24) is 10.2 Å². The number of hydrogen-bond donors (Lipinski definition) is 1. The summed E-state index contributed by atoms with van der Waals surface area (Å²) in [4.78, 5) is 2.37. The van der Waals surface area contributed by atoms with Crippen molar-refractivity contribution in [1.29, 1.82) is 5.26 Å². The number of nitrogens with one attached hydrogen (secondary N) is 1. The molecule has 0 aromatic rings. The zero-order valence-electron chi connectivity index (χ0n) is 9.51. The van der Waals surface area contributed by atoms with E-state index in [1.165, 1.54) is 0 Å². The summed E-state index contributed by atoms with van der Waals surface area (Å²) in [6.07, 6.45) is 2.05.